The van der Waals surface area contributed by atoms with Gasteiger partial charge in [0.15, 0.2) is 0 Å². The number of hydrogen-bond acceptors (Lipinski definition) is 4. The highest BCUT2D eigenvalue weighted by Crippen LogP contribution is 2.77. The van der Waals surface area contributed by atoms with Crippen LogP contribution in [0, 0.1) is 56.8 Å². The molecule has 5 aliphatic carbocycles. The number of fused-ring (bicyclic) bond motifs is 7. The Morgan fingerprint density at radius 3 is 2.27 bits per heavy atom. The molecule has 0 radical (unpaired) electrons. The molecule has 272 valence electrons. The number of benzene rings is 2. The number of esters is 1. The summed E-state index contributed by atoms with van der Waals surface area (Å²) in [5.41, 5.74) is 5.08. The van der Waals surface area contributed by atoms with Crippen molar-refractivity contribution < 1.29 is 14.3 Å². The molecule has 4 unspecified atom stereocenters. The number of ketones is 1. The van der Waals surface area contributed by atoms with Crippen molar-refractivity contribution in [3.8, 4) is 0 Å². The van der Waals surface area contributed by atoms with E-state index in [-0.39, 0.29) is 45.2 Å². The lowest BCUT2D eigenvalue weighted by molar-refractivity contribution is -0.191. The van der Waals surface area contributed by atoms with Crippen molar-refractivity contribution in [3.63, 3.8) is 0 Å². The molecule has 8 atom stereocenters. The molecule has 0 aliphatic heterocycles. The van der Waals surface area contributed by atoms with E-state index in [2.05, 4.69) is 96.6 Å². The predicted molar refractivity (Wildman–Crippen MR) is 206 cm³/mol. The van der Waals surface area contributed by atoms with Gasteiger partial charge in [-0.15, -0.1) is 0 Å². The molecule has 4 fully saturated rings. The lowest BCUT2D eigenvalue weighted by atomic mass is 9.32. The third-order valence-electron chi connectivity index (χ3n) is 15.9. The summed E-state index contributed by atoms with van der Waals surface area (Å²) < 4.78 is 6.35. The second-order valence-electron chi connectivity index (χ2n) is 19.5. The van der Waals surface area contributed by atoms with Gasteiger partial charge in [-0.05, 0) is 120 Å². The van der Waals surface area contributed by atoms with E-state index >= 15 is 0 Å². The van der Waals surface area contributed by atoms with E-state index < -0.39 is 16.9 Å². The Hall–Kier alpha value is -3.39. The maximum atomic E-state index is 14.8. The molecule has 5 aliphatic rings. The first-order valence-corrected chi connectivity index (χ1v) is 19.6. The summed E-state index contributed by atoms with van der Waals surface area (Å²) in [4.78, 5) is 34.7. The third-order valence-corrected chi connectivity index (χ3v) is 15.9. The van der Waals surface area contributed by atoms with E-state index in [1.807, 2.05) is 30.3 Å². The van der Waals surface area contributed by atoms with E-state index in [0.29, 0.717) is 18.9 Å². The first-order valence-electron chi connectivity index (χ1n) is 19.6. The van der Waals surface area contributed by atoms with Gasteiger partial charge in [0, 0.05) is 31.6 Å². The topological polar surface area (TPSA) is 51.0 Å². The molecule has 2 aromatic rings. The average molecular weight is 689 g/mol. The third kappa shape index (κ3) is 5.27. The Bertz CT molecular complexity index is 1800. The van der Waals surface area contributed by atoms with Crippen LogP contribution >= 0.6 is 0 Å². The quantitative estimate of drug-likeness (QED) is 0.232. The number of ether oxygens (including phenoxy) is 1. The molecule has 0 spiro atoms. The predicted octanol–water partition coefficient (Wildman–Crippen LogP) is 10.6. The van der Waals surface area contributed by atoms with Gasteiger partial charge in [-0.2, -0.15) is 0 Å². The molecular weight excluding hydrogens is 629 g/mol. The summed E-state index contributed by atoms with van der Waals surface area (Å²) >= 11 is 0. The minimum absolute atomic E-state index is 0.0156. The number of hydrogen-bond donors (Lipinski definition) is 0. The SMILES string of the molecule is [C-]#[N+]C1C[C@@]2(C)C(CC[C@]3(C)C2CC(c2cccc(N(C)C)c2)=C2C4CC(C)(C)CC[C@]4(C(=O)OCc4ccccc4)CC[C@]23C)C(C)(C)C1=O. The van der Waals surface area contributed by atoms with Gasteiger partial charge in [0.2, 0.25) is 5.78 Å². The minimum atomic E-state index is -0.583. The van der Waals surface area contributed by atoms with Crippen molar-refractivity contribution in [1.82, 2.24) is 0 Å². The van der Waals surface area contributed by atoms with Crippen LogP contribution in [0.2, 0.25) is 0 Å². The van der Waals surface area contributed by atoms with Crippen molar-refractivity contribution in [2.24, 2.45) is 50.2 Å². The van der Waals surface area contributed by atoms with Gasteiger partial charge in [0.25, 0.3) is 6.04 Å². The summed E-state index contributed by atoms with van der Waals surface area (Å²) in [5, 5.41) is 0. The molecule has 7 rings (SSSR count). The van der Waals surface area contributed by atoms with Crippen LogP contribution in [0.1, 0.15) is 117 Å². The van der Waals surface area contributed by atoms with Gasteiger partial charge < -0.3 is 14.5 Å². The Labute approximate surface area is 307 Å². The van der Waals surface area contributed by atoms with Gasteiger partial charge in [-0.25, -0.2) is 6.57 Å². The molecular formula is C46H60N2O3. The average Bonchev–Trinajstić information content (AvgIpc) is 3.09. The molecule has 0 bridgehead atoms. The molecule has 0 aromatic heterocycles. The number of carbonyl (C=O) groups is 2. The van der Waals surface area contributed by atoms with E-state index in [0.717, 1.165) is 56.9 Å². The fourth-order valence-electron chi connectivity index (χ4n) is 12.9. The highest BCUT2D eigenvalue weighted by Gasteiger charge is 2.72. The minimum Gasteiger partial charge on any atom is -0.460 e. The first kappa shape index (κ1) is 36.0. The van der Waals surface area contributed by atoms with Crippen LogP contribution in [-0.4, -0.2) is 31.9 Å². The normalized spacial score (nSPS) is 37.9. The molecule has 0 amide bonds. The van der Waals surface area contributed by atoms with Crippen molar-refractivity contribution in [2.45, 2.75) is 119 Å². The molecule has 0 saturated heterocycles. The summed E-state index contributed by atoms with van der Waals surface area (Å²) in [6, 6.07) is 18.6. The van der Waals surface area contributed by atoms with Gasteiger partial charge in [-0.1, -0.05) is 96.5 Å². The Morgan fingerprint density at radius 2 is 1.59 bits per heavy atom. The van der Waals surface area contributed by atoms with Crippen molar-refractivity contribution in [1.29, 1.82) is 0 Å². The number of carbonyl (C=O) groups excluding carboxylic acids is 2. The van der Waals surface area contributed by atoms with Crippen LogP contribution < -0.4 is 4.90 Å². The van der Waals surface area contributed by atoms with Gasteiger partial charge in [0.05, 0.1) is 5.41 Å². The standard InChI is InChI=1S/C46H60N2O3/c1-41(2)21-23-46(40(50)51-29-30-15-12-11-13-16-30)24-22-45(7)38(34(46)27-41)33(31-17-14-18-32(25-31)48(9)10)26-37-43(5)28-35(47-8)39(49)42(3,4)36(43)19-20-44(37,45)6/h11-18,25,34-37H,19-24,26-29H2,1-7,9-10H3/t34?,35?,36?,37?,43-,44+,45+,46-/m0/s1. The zero-order chi connectivity index (χ0) is 36.8. The molecule has 5 heteroatoms. The molecule has 2 aromatic carbocycles. The van der Waals surface area contributed by atoms with E-state index in [1.54, 1.807) is 0 Å². The molecule has 5 nitrogen and oxygen atoms in total. The maximum Gasteiger partial charge on any atom is 0.313 e. The van der Waals surface area contributed by atoms with Crippen molar-refractivity contribution >= 4 is 23.0 Å². The molecule has 4 saturated carbocycles. The Kier molecular flexibility index (Phi) is 8.52. The van der Waals surface area contributed by atoms with Crippen molar-refractivity contribution in [2.75, 3.05) is 19.0 Å². The van der Waals surface area contributed by atoms with Crippen LogP contribution in [0.3, 0.4) is 0 Å². The lowest BCUT2D eigenvalue weighted by Gasteiger charge is -2.71. The lowest BCUT2D eigenvalue weighted by Crippen LogP contribution is -2.66. The zero-order valence-electron chi connectivity index (χ0n) is 32.7. The summed E-state index contributed by atoms with van der Waals surface area (Å²) in [6.45, 7) is 25.1. The van der Waals surface area contributed by atoms with E-state index in [9.17, 15) is 9.59 Å². The van der Waals surface area contributed by atoms with Crippen molar-refractivity contribution in [3.05, 3.63) is 82.7 Å². The van der Waals surface area contributed by atoms with E-state index in [1.165, 1.54) is 22.4 Å². The summed E-state index contributed by atoms with van der Waals surface area (Å²) in [6.07, 6.45) is 8.23. The van der Waals surface area contributed by atoms with Gasteiger partial charge >= 0.3 is 5.97 Å². The van der Waals surface area contributed by atoms with Crippen LogP contribution in [0.5, 0.6) is 0 Å². The van der Waals surface area contributed by atoms with Crippen LogP contribution in [-0.2, 0) is 20.9 Å². The monoisotopic (exact) mass is 688 g/mol. The highest BCUT2D eigenvalue weighted by molar-refractivity contribution is 5.92. The summed E-state index contributed by atoms with van der Waals surface area (Å²) in [5.74, 6) is 0.753. The number of nitrogens with zero attached hydrogens (tertiary/aromatic N) is 2. The van der Waals surface area contributed by atoms with Crippen LogP contribution in [0.4, 0.5) is 5.69 Å². The number of Topliss-reactive ketones (excluding diaryl/α,β-unsaturated/α-hetero) is 1. The maximum absolute atomic E-state index is 14.8. The molecule has 0 heterocycles. The largest absolute Gasteiger partial charge is 0.460 e. The second-order valence-corrected chi connectivity index (χ2v) is 19.5. The number of rotatable bonds is 5. The Morgan fingerprint density at radius 1 is 0.882 bits per heavy atom. The zero-order valence-corrected chi connectivity index (χ0v) is 32.7. The second kappa shape index (κ2) is 12.1. The summed E-state index contributed by atoms with van der Waals surface area (Å²) in [7, 11) is 4.21. The van der Waals surface area contributed by atoms with E-state index in [4.69, 9.17) is 11.3 Å². The number of allylic oxidation sites excluding steroid dienone is 2. The van der Waals surface area contributed by atoms with Gasteiger partial charge in [0.1, 0.15) is 6.61 Å². The fourth-order valence-corrected chi connectivity index (χ4v) is 12.9. The molecule has 0 N–H and O–H groups in total. The molecule has 51 heavy (non-hydrogen) atoms. The van der Waals surface area contributed by atoms with Crippen LogP contribution in [0.15, 0.2) is 60.2 Å². The Balaban J connectivity index is 1.43. The van der Waals surface area contributed by atoms with Gasteiger partial charge in [-0.3, -0.25) is 9.59 Å². The van der Waals surface area contributed by atoms with Crippen LogP contribution in [0.25, 0.3) is 10.4 Å². The fraction of sp³-hybridized carbons (Fsp3) is 0.630. The smallest absolute Gasteiger partial charge is 0.313 e. The highest BCUT2D eigenvalue weighted by atomic mass is 16.5. The number of anilines is 1. The first-order chi connectivity index (χ1) is 23.9.